The van der Waals surface area contributed by atoms with Crippen LogP contribution in [0, 0.1) is 6.92 Å². The molecule has 0 radical (unpaired) electrons. The summed E-state index contributed by atoms with van der Waals surface area (Å²) in [6.07, 6.45) is 0.220. The number of halogens is 4. The van der Waals surface area contributed by atoms with Gasteiger partial charge in [-0.2, -0.15) is 10.2 Å². The zero-order valence-corrected chi connectivity index (χ0v) is 24.6. The third-order valence-electron chi connectivity index (χ3n) is 6.18. The first-order chi connectivity index (χ1) is 19.6. The number of anilines is 1. The molecule has 0 atom stereocenters. The molecule has 0 saturated carbocycles. The van der Waals surface area contributed by atoms with Crippen LogP contribution in [-0.2, 0) is 13.3 Å². The van der Waals surface area contributed by atoms with Crippen molar-refractivity contribution in [2.75, 3.05) is 5.32 Å². The van der Waals surface area contributed by atoms with E-state index in [0.717, 1.165) is 15.8 Å². The molecule has 5 rings (SSSR count). The van der Waals surface area contributed by atoms with Gasteiger partial charge >= 0.3 is 0 Å². The highest BCUT2D eigenvalue weighted by Crippen LogP contribution is 2.43. The first-order valence-corrected chi connectivity index (χ1v) is 14.1. The maximum absolute atomic E-state index is 13.8. The second kappa shape index (κ2) is 11.5. The van der Waals surface area contributed by atoms with Gasteiger partial charge in [0.1, 0.15) is 21.2 Å². The lowest BCUT2D eigenvalue weighted by Crippen LogP contribution is -2.18. The highest BCUT2D eigenvalue weighted by atomic mass is 79.9. The van der Waals surface area contributed by atoms with E-state index in [4.69, 9.17) is 22.1 Å². The molecule has 0 fully saturated rings. The van der Waals surface area contributed by atoms with E-state index in [1.165, 1.54) is 23.0 Å². The van der Waals surface area contributed by atoms with Crippen LogP contribution in [0.4, 0.5) is 14.5 Å². The number of nitrogens with one attached hydrogen (secondary N) is 1. The summed E-state index contributed by atoms with van der Waals surface area (Å²) in [7, 11) is 0. The number of primary amides is 1. The van der Waals surface area contributed by atoms with Gasteiger partial charge in [-0.3, -0.25) is 14.3 Å². The van der Waals surface area contributed by atoms with Crippen LogP contribution >= 0.6 is 38.9 Å². The number of carbonyl (C=O) groups is 2. The van der Waals surface area contributed by atoms with Crippen LogP contribution in [0.25, 0.3) is 21.3 Å². The average molecular weight is 665 g/mol. The minimum Gasteiger partial charge on any atom is -0.470 e. The fraction of sp³-hybridized carbons (Fsp3) is 0.192. The summed E-state index contributed by atoms with van der Waals surface area (Å²) in [5.41, 5.74) is 6.84. The fourth-order valence-electron chi connectivity index (χ4n) is 4.22. The number of rotatable bonds is 9. The van der Waals surface area contributed by atoms with Crippen LogP contribution in [-0.4, -0.2) is 36.4 Å². The number of aryl methyl sites for hydroxylation is 1. The topological polar surface area (TPSA) is 130 Å². The minimum atomic E-state index is -2.87. The number of carbonyl (C=O) groups excluding carboxylic acids is 2. The lowest BCUT2D eigenvalue weighted by Gasteiger charge is -2.11. The van der Waals surface area contributed by atoms with Gasteiger partial charge in [-0.15, -0.1) is 11.3 Å². The molecule has 2 amide bonds. The van der Waals surface area contributed by atoms with Crippen molar-refractivity contribution in [3.63, 3.8) is 0 Å². The van der Waals surface area contributed by atoms with Crippen molar-refractivity contribution in [3.8, 4) is 16.9 Å². The molecule has 0 aliphatic carbocycles. The maximum Gasteiger partial charge on any atom is 0.280 e. The van der Waals surface area contributed by atoms with E-state index < -0.39 is 23.9 Å². The SMILES string of the molecule is CCn1ncc(-c2cc(C(F)F)nc3sc(C(N)=O)c(NC(=O)c4ccn(COc5ccc(Br)cc5Cl)n4)c23)c1C. The van der Waals surface area contributed by atoms with Crippen molar-refractivity contribution in [2.24, 2.45) is 5.73 Å². The molecule has 0 aliphatic heterocycles. The van der Waals surface area contributed by atoms with Gasteiger partial charge in [0.05, 0.1) is 16.9 Å². The third kappa shape index (κ3) is 5.67. The van der Waals surface area contributed by atoms with Crippen molar-refractivity contribution >= 4 is 66.6 Å². The second-order valence-corrected chi connectivity index (χ2v) is 11.1. The molecule has 212 valence electrons. The van der Waals surface area contributed by atoms with Gasteiger partial charge in [0, 0.05) is 33.9 Å². The Morgan fingerprint density at radius 2 is 2.02 bits per heavy atom. The minimum absolute atomic E-state index is 0.0129. The number of fused-ring (bicyclic) bond motifs is 1. The standard InChI is InChI=1S/C26H21BrClF2N7O3S/c1-3-37-12(2)15(10-32-37)14-9-18(23(29)30)33-26-20(14)21(22(41-26)24(31)38)34-25(39)17-6-7-36(35-17)11-40-19-5-4-13(27)8-16(19)28/h4-10,23H,3,11H2,1-2H3,(H2,31,38)(H,34,39). The number of alkyl halides is 2. The summed E-state index contributed by atoms with van der Waals surface area (Å²) in [6.45, 7) is 4.22. The van der Waals surface area contributed by atoms with Crippen LogP contribution in [0.2, 0.25) is 5.02 Å². The Balaban J connectivity index is 1.51. The molecular formula is C26H21BrClF2N7O3S. The Labute approximate surface area is 249 Å². The lowest BCUT2D eigenvalue weighted by molar-refractivity contribution is 0.100. The van der Waals surface area contributed by atoms with Gasteiger partial charge in [-0.25, -0.2) is 18.4 Å². The van der Waals surface area contributed by atoms with Gasteiger partial charge in [0.25, 0.3) is 18.2 Å². The van der Waals surface area contributed by atoms with Crippen LogP contribution < -0.4 is 15.8 Å². The molecule has 0 saturated heterocycles. The van der Waals surface area contributed by atoms with Gasteiger partial charge < -0.3 is 15.8 Å². The molecule has 0 aliphatic rings. The van der Waals surface area contributed by atoms with Gasteiger partial charge in [0.15, 0.2) is 12.4 Å². The van der Waals surface area contributed by atoms with E-state index in [9.17, 15) is 18.4 Å². The summed E-state index contributed by atoms with van der Waals surface area (Å²) in [4.78, 5) is 29.8. The number of aromatic nitrogens is 5. The quantitative estimate of drug-likeness (QED) is 0.187. The Morgan fingerprint density at radius 3 is 2.68 bits per heavy atom. The zero-order chi connectivity index (χ0) is 29.4. The Morgan fingerprint density at radius 1 is 1.24 bits per heavy atom. The number of ether oxygens (including phenoxy) is 1. The van der Waals surface area contributed by atoms with E-state index in [2.05, 4.69) is 36.4 Å². The van der Waals surface area contributed by atoms with E-state index in [0.29, 0.717) is 39.5 Å². The highest BCUT2D eigenvalue weighted by molar-refractivity contribution is 9.10. The Kier molecular flexibility index (Phi) is 8.07. The number of hydrogen-bond acceptors (Lipinski definition) is 7. The first kappa shape index (κ1) is 28.6. The maximum atomic E-state index is 13.8. The lowest BCUT2D eigenvalue weighted by atomic mass is 10.0. The molecule has 3 N–H and O–H groups in total. The number of amides is 2. The van der Waals surface area contributed by atoms with Crippen LogP contribution in [0.1, 0.15) is 44.9 Å². The van der Waals surface area contributed by atoms with Crippen molar-refractivity contribution < 1.29 is 23.1 Å². The number of hydrogen-bond donors (Lipinski definition) is 2. The number of pyridine rings is 1. The number of benzene rings is 1. The van der Waals surface area contributed by atoms with E-state index in [1.807, 2.05) is 6.92 Å². The number of nitrogens with two attached hydrogens (primary N) is 1. The first-order valence-electron chi connectivity index (χ1n) is 12.1. The van der Waals surface area contributed by atoms with Gasteiger partial charge in [0.2, 0.25) is 0 Å². The van der Waals surface area contributed by atoms with Crippen molar-refractivity contribution in [1.82, 2.24) is 24.5 Å². The van der Waals surface area contributed by atoms with Crippen molar-refractivity contribution in [2.45, 2.75) is 33.5 Å². The smallest absolute Gasteiger partial charge is 0.280 e. The largest absolute Gasteiger partial charge is 0.470 e. The van der Waals surface area contributed by atoms with Crippen molar-refractivity contribution in [1.29, 1.82) is 0 Å². The number of thiophene rings is 1. The fourth-order valence-corrected chi connectivity index (χ4v) is 5.97. The number of nitrogens with zero attached hydrogens (tertiary/aromatic N) is 5. The molecule has 0 bridgehead atoms. The molecular weight excluding hydrogens is 644 g/mol. The van der Waals surface area contributed by atoms with Gasteiger partial charge in [-0.1, -0.05) is 27.5 Å². The van der Waals surface area contributed by atoms with E-state index >= 15 is 0 Å². The summed E-state index contributed by atoms with van der Waals surface area (Å²) in [5.74, 6) is -1.08. The van der Waals surface area contributed by atoms with Crippen LogP contribution in [0.15, 0.2) is 47.2 Å². The van der Waals surface area contributed by atoms with Crippen molar-refractivity contribution in [3.05, 3.63) is 74.2 Å². The molecule has 4 aromatic heterocycles. The molecule has 1 aromatic carbocycles. The van der Waals surface area contributed by atoms with Crippen LogP contribution in [0.3, 0.4) is 0 Å². The Hall–Kier alpha value is -3.88. The molecule has 15 heteroatoms. The molecule has 41 heavy (non-hydrogen) atoms. The molecule has 4 heterocycles. The molecule has 0 unspecified atom stereocenters. The second-order valence-electron chi connectivity index (χ2n) is 8.75. The van der Waals surface area contributed by atoms with E-state index in [-0.39, 0.29) is 27.8 Å². The molecule has 5 aromatic rings. The predicted molar refractivity (Wildman–Crippen MR) is 155 cm³/mol. The summed E-state index contributed by atoms with van der Waals surface area (Å²) in [6, 6.07) is 7.84. The summed E-state index contributed by atoms with van der Waals surface area (Å²) in [5, 5.41) is 12.0. The molecule has 0 spiro atoms. The average Bonchev–Trinajstić information content (AvgIpc) is 3.65. The van der Waals surface area contributed by atoms with E-state index in [1.54, 1.807) is 36.0 Å². The summed E-state index contributed by atoms with van der Waals surface area (Å²) < 4.78 is 37.2. The monoisotopic (exact) mass is 663 g/mol. The normalized spacial score (nSPS) is 11.4. The van der Waals surface area contributed by atoms with Gasteiger partial charge in [-0.05, 0) is 49.7 Å². The third-order valence-corrected chi connectivity index (χ3v) is 8.07. The van der Waals surface area contributed by atoms with Crippen LogP contribution in [0.5, 0.6) is 5.75 Å². The zero-order valence-electron chi connectivity index (χ0n) is 21.5. The Bertz CT molecular complexity index is 1800. The highest BCUT2D eigenvalue weighted by Gasteiger charge is 2.27. The summed E-state index contributed by atoms with van der Waals surface area (Å²) >= 11 is 10.3. The predicted octanol–water partition coefficient (Wildman–Crippen LogP) is 6.43. The molecule has 10 nitrogen and oxygen atoms in total.